The zero-order chi connectivity index (χ0) is 17.0. The van der Waals surface area contributed by atoms with Crippen LogP contribution in [0.4, 0.5) is 0 Å². The molecule has 1 aliphatic rings. The van der Waals surface area contributed by atoms with Gasteiger partial charge in [0.1, 0.15) is 12.4 Å². The van der Waals surface area contributed by atoms with Crippen LogP contribution in [-0.2, 0) is 9.53 Å². The number of fused-ring (bicyclic) bond motifs is 1. The summed E-state index contributed by atoms with van der Waals surface area (Å²) in [5, 5.41) is 2.22. The molecule has 0 saturated carbocycles. The van der Waals surface area contributed by atoms with Crippen molar-refractivity contribution in [2.45, 2.75) is 38.8 Å². The molecule has 2 aromatic carbocycles. The summed E-state index contributed by atoms with van der Waals surface area (Å²) in [4.78, 5) is 13.6. The Hall–Kier alpha value is -2.07. The van der Waals surface area contributed by atoms with Gasteiger partial charge >= 0.3 is 5.97 Å². The van der Waals surface area contributed by atoms with E-state index >= 15 is 0 Å². The molecule has 0 spiro atoms. The Morgan fingerprint density at radius 3 is 2.54 bits per heavy atom. The second kappa shape index (κ2) is 7.22. The summed E-state index contributed by atoms with van der Waals surface area (Å²) in [6.45, 7) is 5.61. The molecular formula is C20H25NO3. The van der Waals surface area contributed by atoms with E-state index in [-0.39, 0.29) is 12.6 Å². The minimum absolute atomic E-state index is 0.228. The van der Waals surface area contributed by atoms with Crippen molar-refractivity contribution in [3.8, 4) is 5.75 Å². The molecule has 4 nitrogen and oxygen atoms in total. The first kappa shape index (κ1) is 16.8. The van der Waals surface area contributed by atoms with Crippen LogP contribution in [0.5, 0.6) is 5.75 Å². The molecule has 128 valence electrons. The fraction of sp³-hybridized carbons (Fsp3) is 0.450. The number of esters is 1. The van der Waals surface area contributed by atoms with Crippen molar-refractivity contribution >= 4 is 16.7 Å². The molecule has 24 heavy (non-hydrogen) atoms. The van der Waals surface area contributed by atoms with Crippen LogP contribution in [-0.4, -0.2) is 36.3 Å². The number of nitrogens with zero attached hydrogens (tertiary/aromatic N) is 1. The highest BCUT2D eigenvalue weighted by Gasteiger charge is 2.36. The van der Waals surface area contributed by atoms with E-state index in [1.54, 1.807) is 0 Å². The maximum atomic E-state index is 11.3. The van der Waals surface area contributed by atoms with E-state index in [9.17, 15) is 4.79 Å². The van der Waals surface area contributed by atoms with Crippen molar-refractivity contribution in [1.29, 1.82) is 0 Å². The van der Waals surface area contributed by atoms with Crippen LogP contribution in [0.2, 0.25) is 0 Å². The second-order valence-electron chi connectivity index (χ2n) is 6.58. The van der Waals surface area contributed by atoms with Crippen LogP contribution in [0.1, 0.15) is 33.1 Å². The summed E-state index contributed by atoms with van der Waals surface area (Å²) in [6, 6.07) is 14.2. The summed E-state index contributed by atoms with van der Waals surface area (Å²) in [5.41, 5.74) is -0.657. The van der Waals surface area contributed by atoms with Crippen LogP contribution in [0, 0.1) is 0 Å². The first-order chi connectivity index (χ1) is 11.6. The average Bonchev–Trinajstić information content (AvgIpc) is 2.61. The van der Waals surface area contributed by atoms with E-state index in [1.165, 1.54) is 13.3 Å². The second-order valence-corrected chi connectivity index (χ2v) is 6.58. The molecule has 4 heteroatoms. The fourth-order valence-electron chi connectivity index (χ4n) is 3.31. The number of hydrogen-bond donors (Lipinski definition) is 0. The van der Waals surface area contributed by atoms with Crippen LogP contribution < -0.4 is 4.74 Å². The Morgan fingerprint density at radius 1 is 1.08 bits per heavy atom. The SMILES string of the molecule is CC(=O)OCC(C)(Oc1cccc2ccccc12)N1CCCCC1. The van der Waals surface area contributed by atoms with Crippen molar-refractivity contribution in [3.63, 3.8) is 0 Å². The smallest absolute Gasteiger partial charge is 0.302 e. The van der Waals surface area contributed by atoms with E-state index in [2.05, 4.69) is 23.1 Å². The molecule has 0 N–H and O–H groups in total. The number of benzene rings is 2. The lowest BCUT2D eigenvalue weighted by atomic mass is 10.1. The molecule has 0 radical (unpaired) electrons. The molecule has 1 atom stereocenters. The molecule has 0 aromatic heterocycles. The van der Waals surface area contributed by atoms with Crippen LogP contribution >= 0.6 is 0 Å². The number of likely N-dealkylation sites (tertiary alicyclic amines) is 1. The van der Waals surface area contributed by atoms with Gasteiger partial charge in [-0.15, -0.1) is 0 Å². The molecule has 2 aromatic rings. The molecule has 1 heterocycles. The normalized spacial score (nSPS) is 18.1. The quantitative estimate of drug-likeness (QED) is 0.779. The third-order valence-corrected chi connectivity index (χ3v) is 4.65. The van der Waals surface area contributed by atoms with E-state index in [0.29, 0.717) is 0 Å². The van der Waals surface area contributed by atoms with Gasteiger partial charge in [0, 0.05) is 25.4 Å². The van der Waals surface area contributed by atoms with E-state index in [1.807, 2.05) is 31.2 Å². The minimum Gasteiger partial charge on any atom is -0.469 e. The summed E-state index contributed by atoms with van der Waals surface area (Å²) in [6.07, 6.45) is 3.54. The van der Waals surface area contributed by atoms with Gasteiger partial charge in [0.15, 0.2) is 5.72 Å². The van der Waals surface area contributed by atoms with Gasteiger partial charge in [0.05, 0.1) is 0 Å². The van der Waals surface area contributed by atoms with Crippen LogP contribution in [0.3, 0.4) is 0 Å². The average molecular weight is 327 g/mol. The Bertz CT molecular complexity index is 704. The molecule has 1 aliphatic heterocycles. The maximum Gasteiger partial charge on any atom is 0.302 e. The van der Waals surface area contributed by atoms with E-state index in [4.69, 9.17) is 9.47 Å². The van der Waals surface area contributed by atoms with Gasteiger partial charge < -0.3 is 9.47 Å². The Balaban J connectivity index is 1.91. The monoisotopic (exact) mass is 327 g/mol. The first-order valence-corrected chi connectivity index (χ1v) is 8.64. The number of hydrogen-bond acceptors (Lipinski definition) is 4. The van der Waals surface area contributed by atoms with Gasteiger partial charge in [-0.1, -0.05) is 42.8 Å². The van der Waals surface area contributed by atoms with E-state index in [0.717, 1.165) is 42.5 Å². The summed E-state index contributed by atoms with van der Waals surface area (Å²) in [5.74, 6) is 0.549. The molecular weight excluding hydrogens is 302 g/mol. The van der Waals surface area contributed by atoms with Crippen molar-refractivity contribution in [1.82, 2.24) is 4.90 Å². The van der Waals surface area contributed by atoms with Crippen molar-refractivity contribution in [2.75, 3.05) is 19.7 Å². The van der Waals surface area contributed by atoms with E-state index < -0.39 is 5.72 Å². The Morgan fingerprint density at radius 2 is 1.79 bits per heavy atom. The number of carbonyl (C=O) groups excluding carboxylic acids is 1. The highest BCUT2D eigenvalue weighted by atomic mass is 16.6. The first-order valence-electron chi connectivity index (χ1n) is 8.64. The maximum absolute atomic E-state index is 11.3. The van der Waals surface area contributed by atoms with Crippen LogP contribution in [0.25, 0.3) is 10.8 Å². The topological polar surface area (TPSA) is 38.8 Å². The summed E-state index contributed by atoms with van der Waals surface area (Å²) in [7, 11) is 0. The zero-order valence-electron chi connectivity index (χ0n) is 14.5. The van der Waals surface area contributed by atoms with Gasteiger partial charge in [-0.2, -0.15) is 0 Å². The van der Waals surface area contributed by atoms with Crippen molar-refractivity contribution in [3.05, 3.63) is 42.5 Å². The van der Waals surface area contributed by atoms with Crippen molar-refractivity contribution < 1.29 is 14.3 Å². The van der Waals surface area contributed by atoms with Gasteiger partial charge in [-0.3, -0.25) is 9.69 Å². The largest absolute Gasteiger partial charge is 0.469 e. The predicted molar refractivity (Wildman–Crippen MR) is 95.0 cm³/mol. The van der Waals surface area contributed by atoms with Gasteiger partial charge in [0.25, 0.3) is 0 Å². The molecule has 0 aliphatic carbocycles. The van der Waals surface area contributed by atoms with Gasteiger partial charge in [0.2, 0.25) is 0 Å². The summed E-state index contributed by atoms with van der Waals surface area (Å²) < 4.78 is 11.8. The van der Waals surface area contributed by atoms with Gasteiger partial charge in [-0.25, -0.2) is 0 Å². The highest BCUT2D eigenvalue weighted by molar-refractivity contribution is 5.88. The molecule has 1 unspecified atom stereocenters. The molecule has 0 amide bonds. The minimum atomic E-state index is -0.657. The molecule has 3 rings (SSSR count). The van der Waals surface area contributed by atoms with Crippen LogP contribution in [0.15, 0.2) is 42.5 Å². The summed E-state index contributed by atoms with van der Waals surface area (Å²) >= 11 is 0. The third kappa shape index (κ3) is 3.70. The lowest BCUT2D eigenvalue weighted by Gasteiger charge is -2.42. The Labute approximate surface area is 143 Å². The number of rotatable bonds is 5. The third-order valence-electron chi connectivity index (χ3n) is 4.65. The number of piperidine rings is 1. The standard InChI is InChI=1S/C20H25NO3/c1-16(22)23-15-20(2,21-13-6-3-7-14-21)24-19-12-8-10-17-9-4-5-11-18(17)19/h4-5,8-12H,3,6-7,13-15H2,1-2H3. The molecule has 1 saturated heterocycles. The number of ether oxygens (including phenoxy) is 2. The Kier molecular flexibility index (Phi) is 5.05. The zero-order valence-corrected chi connectivity index (χ0v) is 14.5. The lowest BCUT2D eigenvalue weighted by Crippen LogP contribution is -2.56. The fourth-order valence-corrected chi connectivity index (χ4v) is 3.31. The lowest BCUT2D eigenvalue weighted by molar-refractivity contribution is -0.161. The van der Waals surface area contributed by atoms with Crippen molar-refractivity contribution in [2.24, 2.45) is 0 Å². The molecule has 0 bridgehead atoms. The number of carbonyl (C=O) groups is 1. The highest BCUT2D eigenvalue weighted by Crippen LogP contribution is 2.31. The predicted octanol–water partition coefficient (Wildman–Crippen LogP) is 3.98. The van der Waals surface area contributed by atoms with Gasteiger partial charge in [-0.05, 0) is 31.2 Å². The molecule has 1 fully saturated rings.